The van der Waals surface area contributed by atoms with Crippen molar-refractivity contribution in [1.82, 2.24) is 5.32 Å². The number of nitrogens with zero attached hydrogens (tertiary/aromatic N) is 1. The van der Waals surface area contributed by atoms with Crippen LogP contribution < -0.4 is 10.2 Å². The first-order valence-corrected chi connectivity index (χ1v) is 10.6. The molecule has 0 unspecified atom stereocenters. The zero-order valence-corrected chi connectivity index (χ0v) is 15.9. The second-order valence-electron chi connectivity index (χ2n) is 6.47. The maximum Gasteiger partial charge on any atom is 0.223 e. The summed E-state index contributed by atoms with van der Waals surface area (Å²) in [6, 6.07) is 10.8. The highest BCUT2D eigenvalue weighted by Gasteiger charge is 2.33. The monoisotopic (exact) mass is 378 g/mol. The molecule has 1 aliphatic rings. The third-order valence-electron chi connectivity index (χ3n) is 4.34. The minimum Gasteiger partial charge on any atom is -0.378 e. The zero-order valence-electron chi connectivity index (χ0n) is 14.3. The largest absolute Gasteiger partial charge is 0.378 e. The van der Waals surface area contributed by atoms with E-state index in [1.54, 1.807) is 17.5 Å². The molecule has 1 heterocycles. The molecule has 1 saturated carbocycles. The number of hydrogen-bond donors (Lipinski definition) is 1. The Kier molecular flexibility index (Phi) is 5.15. The van der Waals surface area contributed by atoms with Gasteiger partial charge in [0.1, 0.15) is 9.46 Å². The molecule has 25 heavy (non-hydrogen) atoms. The topological polar surface area (TPSA) is 66.5 Å². The van der Waals surface area contributed by atoms with Gasteiger partial charge in [0.25, 0.3) is 0 Å². The van der Waals surface area contributed by atoms with Crippen LogP contribution in [-0.4, -0.2) is 35.0 Å². The summed E-state index contributed by atoms with van der Waals surface area (Å²) in [5.74, 6) is 0.0116. The summed E-state index contributed by atoms with van der Waals surface area (Å²) in [6.45, 7) is 0.0941. The molecule has 1 aliphatic carbocycles. The maximum atomic E-state index is 13.1. The summed E-state index contributed by atoms with van der Waals surface area (Å²) < 4.78 is 26.4. The lowest BCUT2D eigenvalue weighted by Gasteiger charge is -2.19. The van der Waals surface area contributed by atoms with E-state index < -0.39 is 15.1 Å². The summed E-state index contributed by atoms with van der Waals surface area (Å²) >= 11 is 1.20. The number of sulfone groups is 1. The van der Waals surface area contributed by atoms with Gasteiger partial charge < -0.3 is 10.2 Å². The molecule has 134 valence electrons. The Labute approximate surface area is 152 Å². The maximum absolute atomic E-state index is 13.1. The minimum atomic E-state index is -3.55. The normalized spacial score (nSPS) is 15.6. The summed E-state index contributed by atoms with van der Waals surface area (Å²) in [4.78, 5) is 13.9. The minimum absolute atomic E-state index is 0.0451. The summed E-state index contributed by atoms with van der Waals surface area (Å²) in [6.07, 6.45) is 1.79. The van der Waals surface area contributed by atoms with Crippen LogP contribution in [0.25, 0.3) is 0 Å². The van der Waals surface area contributed by atoms with E-state index in [4.69, 9.17) is 0 Å². The van der Waals surface area contributed by atoms with Crippen LogP contribution in [0.5, 0.6) is 0 Å². The number of anilines is 1. The summed E-state index contributed by atoms with van der Waals surface area (Å²) in [7, 11) is 0.316. The van der Waals surface area contributed by atoms with E-state index in [1.165, 1.54) is 11.3 Å². The van der Waals surface area contributed by atoms with Gasteiger partial charge in [0.2, 0.25) is 5.91 Å². The molecule has 0 bridgehead atoms. The van der Waals surface area contributed by atoms with E-state index in [-0.39, 0.29) is 18.4 Å². The van der Waals surface area contributed by atoms with E-state index in [1.807, 2.05) is 43.3 Å². The number of carbonyl (C=O) groups is 1. The lowest BCUT2D eigenvalue weighted by atomic mass is 10.1. The molecule has 1 atom stereocenters. The van der Waals surface area contributed by atoms with Crippen LogP contribution in [-0.2, 0) is 14.6 Å². The molecule has 2 aromatic rings. The number of carbonyl (C=O) groups excluding carboxylic acids is 1. The predicted octanol–water partition coefficient (Wildman–Crippen LogP) is 2.86. The van der Waals surface area contributed by atoms with Gasteiger partial charge in [-0.3, -0.25) is 4.79 Å². The number of nitrogens with one attached hydrogen (secondary N) is 1. The molecule has 0 spiro atoms. The smallest absolute Gasteiger partial charge is 0.223 e. The summed E-state index contributed by atoms with van der Waals surface area (Å²) in [5, 5.41) is 3.79. The lowest BCUT2D eigenvalue weighted by Crippen LogP contribution is -2.32. The molecule has 0 radical (unpaired) electrons. The van der Waals surface area contributed by atoms with Crippen molar-refractivity contribution in [1.29, 1.82) is 0 Å². The van der Waals surface area contributed by atoms with Crippen molar-refractivity contribution >= 4 is 32.8 Å². The van der Waals surface area contributed by atoms with Gasteiger partial charge >= 0.3 is 0 Å². The number of thiophene rings is 1. The van der Waals surface area contributed by atoms with E-state index >= 15 is 0 Å². The van der Waals surface area contributed by atoms with E-state index in [2.05, 4.69) is 5.32 Å². The number of benzene rings is 1. The SMILES string of the molecule is CN(C)c1ccc([C@@H](CNC(=O)C2CC2)S(=O)(=O)c2cccs2)cc1. The van der Waals surface area contributed by atoms with Gasteiger partial charge in [0, 0.05) is 32.2 Å². The van der Waals surface area contributed by atoms with Gasteiger partial charge in [-0.1, -0.05) is 18.2 Å². The standard InChI is InChI=1S/C18H22N2O3S2/c1-20(2)15-9-7-13(8-10-15)16(12-19-18(21)14-5-6-14)25(22,23)17-4-3-11-24-17/h3-4,7-11,14,16H,5-6,12H2,1-2H3,(H,19,21)/t16-/m1/s1. The van der Waals surface area contributed by atoms with Crippen LogP contribution in [0.4, 0.5) is 5.69 Å². The average Bonchev–Trinajstić information content (AvgIpc) is 3.28. The molecule has 1 N–H and O–H groups in total. The quantitative estimate of drug-likeness (QED) is 0.805. The zero-order chi connectivity index (χ0) is 18.0. The Morgan fingerprint density at radius 3 is 2.44 bits per heavy atom. The first-order chi connectivity index (χ1) is 11.9. The van der Waals surface area contributed by atoms with Gasteiger partial charge in [-0.2, -0.15) is 0 Å². The summed E-state index contributed by atoms with van der Waals surface area (Å²) in [5.41, 5.74) is 1.69. The van der Waals surface area contributed by atoms with Gasteiger partial charge in [-0.25, -0.2) is 8.42 Å². The first-order valence-electron chi connectivity index (χ1n) is 8.22. The van der Waals surface area contributed by atoms with Crippen molar-refractivity contribution in [2.75, 3.05) is 25.5 Å². The van der Waals surface area contributed by atoms with Crippen molar-refractivity contribution in [2.24, 2.45) is 5.92 Å². The van der Waals surface area contributed by atoms with Crippen LogP contribution in [0, 0.1) is 5.92 Å². The second kappa shape index (κ2) is 7.17. The van der Waals surface area contributed by atoms with E-state index in [0.29, 0.717) is 9.77 Å². The highest BCUT2D eigenvalue weighted by Crippen LogP contribution is 2.33. The molecule has 0 aliphatic heterocycles. The molecule has 1 amide bonds. The number of hydrogen-bond acceptors (Lipinski definition) is 5. The van der Waals surface area contributed by atoms with Crippen LogP contribution >= 0.6 is 11.3 Å². The van der Waals surface area contributed by atoms with Gasteiger partial charge in [-0.05, 0) is 42.0 Å². The van der Waals surface area contributed by atoms with Crippen molar-refractivity contribution in [2.45, 2.75) is 22.3 Å². The molecular formula is C18H22N2O3S2. The highest BCUT2D eigenvalue weighted by atomic mass is 32.2. The Morgan fingerprint density at radius 1 is 1.24 bits per heavy atom. The number of rotatable bonds is 7. The Hall–Kier alpha value is -1.86. The Balaban J connectivity index is 1.89. The third-order valence-corrected chi connectivity index (χ3v) is 7.87. The molecule has 5 nitrogen and oxygen atoms in total. The molecule has 3 rings (SSSR count). The van der Waals surface area contributed by atoms with Crippen LogP contribution in [0.2, 0.25) is 0 Å². The van der Waals surface area contributed by atoms with Crippen molar-refractivity contribution in [3.05, 3.63) is 47.3 Å². The molecule has 1 aromatic carbocycles. The number of amides is 1. The Morgan fingerprint density at radius 2 is 1.92 bits per heavy atom. The van der Waals surface area contributed by atoms with Crippen LogP contribution in [0.1, 0.15) is 23.7 Å². The van der Waals surface area contributed by atoms with Crippen molar-refractivity contribution in [3.8, 4) is 0 Å². The van der Waals surface area contributed by atoms with Crippen molar-refractivity contribution in [3.63, 3.8) is 0 Å². The fraction of sp³-hybridized carbons (Fsp3) is 0.389. The first kappa shape index (κ1) is 17.9. The van der Waals surface area contributed by atoms with Crippen LogP contribution in [0.3, 0.4) is 0 Å². The Bertz CT molecular complexity index is 824. The van der Waals surface area contributed by atoms with Crippen LogP contribution in [0.15, 0.2) is 46.0 Å². The molecule has 1 aromatic heterocycles. The fourth-order valence-corrected chi connectivity index (χ4v) is 5.51. The van der Waals surface area contributed by atoms with Crippen molar-refractivity contribution < 1.29 is 13.2 Å². The second-order valence-corrected chi connectivity index (χ2v) is 9.78. The predicted molar refractivity (Wildman–Crippen MR) is 101 cm³/mol. The van der Waals surface area contributed by atoms with E-state index in [0.717, 1.165) is 18.5 Å². The fourth-order valence-electron chi connectivity index (χ4n) is 2.64. The highest BCUT2D eigenvalue weighted by molar-refractivity contribution is 7.93. The molecular weight excluding hydrogens is 356 g/mol. The van der Waals surface area contributed by atoms with Gasteiger partial charge in [-0.15, -0.1) is 11.3 Å². The molecule has 1 fully saturated rings. The molecule has 0 saturated heterocycles. The lowest BCUT2D eigenvalue weighted by molar-refractivity contribution is -0.122. The van der Waals surface area contributed by atoms with Gasteiger partial charge in [0.15, 0.2) is 9.84 Å². The average molecular weight is 379 g/mol. The van der Waals surface area contributed by atoms with Gasteiger partial charge in [0.05, 0.1) is 0 Å². The third kappa shape index (κ3) is 4.04. The molecule has 7 heteroatoms. The van der Waals surface area contributed by atoms with E-state index in [9.17, 15) is 13.2 Å².